The molecule has 2 fully saturated rings. The molecule has 2 atom stereocenters. The molecule has 2 rings (SSSR count). The van der Waals surface area contributed by atoms with E-state index in [1.165, 1.54) is 45.6 Å². The molecule has 0 aliphatic carbocycles. The Hall–Kier alpha value is -0.650. The number of rotatable bonds is 6. The average molecular weight is 297 g/mol. The minimum absolute atomic E-state index is 0.300. The summed E-state index contributed by atoms with van der Waals surface area (Å²) in [5, 5.41) is 8.95. The Morgan fingerprint density at radius 1 is 1.14 bits per heavy atom. The maximum Gasteiger partial charge on any atom is 0.303 e. The Morgan fingerprint density at radius 2 is 1.81 bits per heavy atom. The molecule has 0 aromatic heterocycles. The first-order valence-electron chi connectivity index (χ1n) is 8.39. The van der Waals surface area contributed by atoms with Gasteiger partial charge in [0, 0.05) is 52.2 Å². The highest BCUT2D eigenvalue weighted by Crippen LogP contribution is 2.26. The van der Waals surface area contributed by atoms with E-state index in [-0.39, 0.29) is 0 Å². The number of piperidine rings is 1. The zero-order valence-corrected chi connectivity index (χ0v) is 13.6. The van der Waals surface area contributed by atoms with Crippen LogP contribution in [0.5, 0.6) is 0 Å². The highest BCUT2D eigenvalue weighted by atomic mass is 16.4. The first-order chi connectivity index (χ1) is 10.0. The molecule has 2 saturated heterocycles. The molecule has 21 heavy (non-hydrogen) atoms. The standard InChI is InChI=1S/C16H31N3O2/c1-14(12-16(20)21)15-4-3-5-19(13-15)11-10-18-8-6-17(2)7-9-18/h14-15H,3-13H2,1-2H3,(H,20,21). The molecule has 1 N–H and O–H groups in total. The van der Waals surface area contributed by atoms with Crippen molar-refractivity contribution in [2.45, 2.75) is 26.2 Å². The maximum absolute atomic E-state index is 10.9. The molecule has 2 aliphatic rings. The molecule has 0 bridgehead atoms. The van der Waals surface area contributed by atoms with E-state index in [1.54, 1.807) is 0 Å². The van der Waals surface area contributed by atoms with Crippen LogP contribution in [0.4, 0.5) is 0 Å². The summed E-state index contributed by atoms with van der Waals surface area (Å²) in [5.41, 5.74) is 0. The lowest BCUT2D eigenvalue weighted by molar-refractivity contribution is -0.138. The second kappa shape index (κ2) is 8.11. The molecule has 5 heteroatoms. The van der Waals surface area contributed by atoms with Gasteiger partial charge in [0.25, 0.3) is 0 Å². The van der Waals surface area contributed by atoms with Crippen LogP contribution in [-0.4, -0.2) is 85.2 Å². The van der Waals surface area contributed by atoms with E-state index in [1.807, 2.05) is 0 Å². The van der Waals surface area contributed by atoms with Crippen LogP contribution in [0, 0.1) is 11.8 Å². The molecule has 0 amide bonds. The molecular weight excluding hydrogens is 266 g/mol. The van der Waals surface area contributed by atoms with Gasteiger partial charge in [0.2, 0.25) is 0 Å². The highest BCUT2D eigenvalue weighted by molar-refractivity contribution is 5.67. The van der Waals surface area contributed by atoms with Gasteiger partial charge in [-0.25, -0.2) is 0 Å². The van der Waals surface area contributed by atoms with E-state index in [2.05, 4.69) is 28.7 Å². The second-order valence-electron chi connectivity index (χ2n) is 6.92. The van der Waals surface area contributed by atoms with E-state index in [0.717, 1.165) is 19.6 Å². The molecule has 5 nitrogen and oxygen atoms in total. The van der Waals surface area contributed by atoms with Crippen LogP contribution < -0.4 is 0 Å². The zero-order chi connectivity index (χ0) is 15.2. The molecule has 0 saturated carbocycles. The van der Waals surface area contributed by atoms with Crippen molar-refractivity contribution in [3.63, 3.8) is 0 Å². The smallest absolute Gasteiger partial charge is 0.303 e. The normalized spacial score (nSPS) is 27.6. The summed E-state index contributed by atoms with van der Waals surface area (Å²) < 4.78 is 0. The van der Waals surface area contributed by atoms with Crippen LogP contribution in [-0.2, 0) is 4.79 Å². The largest absolute Gasteiger partial charge is 0.481 e. The summed E-state index contributed by atoms with van der Waals surface area (Å²) in [5.74, 6) is 0.202. The number of likely N-dealkylation sites (tertiary alicyclic amines) is 1. The molecule has 0 aromatic rings. The fraction of sp³-hybridized carbons (Fsp3) is 0.938. The number of hydrogen-bond donors (Lipinski definition) is 1. The van der Waals surface area contributed by atoms with Gasteiger partial charge in [-0.15, -0.1) is 0 Å². The van der Waals surface area contributed by atoms with Gasteiger partial charge >= 0.3 is 5.97 Å². The van der Waals surface area contributed by atoms with Gasteiger partial charge in [0.15, 0.2) is 0 Å². The number of piperazine rings is 1. The summed E-state index contributed by atoms with van der Waals surface area (Å²) in [6.45, 7) is 11.4. The number of likely N-dealkylation sites (N-methyl/N-ethyl adjacent to an activating group) is 1. The van der Waals surface area contributed by atoms with Crippen LogP contribution in [0.25, 0.3) is 0 Å². The van der Waals surface area contributed by atoms with Crippen LogP contribution in [0.15, 0.2) is 0 Å². The lowest BCUT2D eigenvalue weighted by Gasteiger charge is -2.38. The van der Waals surface area contributed by atoms with E-state index < -0.39 is 5.97 Å². The van der Waals surface area contributed by atoms with Crippen molar-refractivity contribution < 1.29 is 9.90 Å². The van der Waals surface area contributed by atoms with Gasteiger partial charge in [-0.3, -0.25) is 9.69 Å². The third kappa shape index (κ3) is 5.57. The zero-order valence-electron chi connectivity index (χ0n) is 13.6. The molecule has 0 radical (unpaired) electrons. The van der Waals surface area contributed by atoms with Crippen molar-refractivity contribution >= 4 is 5.97 Å². The van der Waals surface area contributed by atoms with Crippen molar-refractivity contribution in [3.8, 4) is 0 Å². The third-order valence-corrected chi connectivity index (χ3v) is 5.17. The van der Waals surface area contributed by atoms with Gasteiger partial charge in [-0.2, -0.15) is 0 Å². The number of carboxylic acids is 1. The van der Waals surface area contributed by atoms with E-state index in [4.69, 9.17) is 5.11 Å². The Labute approximate surface area is 128 Å². The van der Waals surface area contributed by atoms with E-state index >= 15 is 0 Å². The van der Waals surface area contributed by atoms with Crippen molar-refractivity contribution in [2.75, 3.05) is 59.4 Å². The summed E-state index contributed by atoms with van der Waals surface area (Å²) in [4.78, 5) is 18.4. The number of aliphatic carboxylic acids is 1. The third-order valence-electron chi connectivity index (χ3n) is 5.17. The monoisotopic (exact) mass is 297 g/mol. The first kappa shape index (κ1) is 16.7. The van der Waals surface area contributed by atoms with Gasteiger partial charge in [-0.1, -0.05) is 6.92 Å². The van der Waals surface area contributed by atoms with Crippen LogP contribution >= 0.6 is 0 Å². The topological polar surface area (TPSA) is 47.0 Å². The SMILES string of the molecule is CC(CC(=O)O)C1CCCN(CCN2CCN(C)CC2)C1. The van der Waals surface area contributed by atoms with Crippen LogP contribution in [0.3, 0.4) is 0 Å². The van der Waals surface area contributed by atoms with Crippen LogP contribution in [0.2, 0.25) is 0 Å². The van der Waals surface area contributed by atoms with Gasteiger partial charge < -0.3 is 14.9 Å². The van der Waals surface area contributed by atoms with Crippen molar-refractivity contribution in [1.29, 1.82) is 0 Å². The Bertz CT molecular complexity index is 329. The molecule has 122 valence electrons. The minimum Gasteiger partial charge on any atom is -0.481 e. The lowest BCUT2D eigenvalue weighted by Crippen LogP contribution is -2.48. The Balaban J connectivity index is 1.70. The Morgan fingerprint density at radius 3 is 2.48 bits per heavy atom. The highest BCUT2D eigenvalue weighted by Gasteiger charge is 2.26. The molecular formula is C16H31N3O2. The Kier molecular flexibility index (Phi) is 6.45. The van der Waals surface area contributed by atoms with Gasteiger partial charge in [-0.05, 0) is 38.3 Å². The summed E-state index contributed by atoms with van der Waals surface area (Å²) in [6.07, 6.45) is 2.73. The van der Waals surface area contributed by atoms with Gasteiger partial charge in [0.05, 0.1) is 0 Å². The number of carboxylic acid groups (broad SMARTS) is 1. The van der Waals surface area contributed by atoms with E-state index in [9.17, 15) is 4.79 Å². The summed E-state index contributed by atoms with van der Waals surface area (Å²) in [6, 6.07) is 0. The predicted molar refractivity (Wildman–Crippen MR) is 84.5 cm³/mol. The predicted octanol–water partition coefficient (Wildman–Crippen LogP) is 1.06. The summed E-state index contributed by atoms with van der Waals surface area (Å²) in [7, 11) is 2.19. The van der Waals surface area contributed by atoms with Gasteiger partial charge in [0.1, 0.15) is 0 Å². The van der Waals surface area contributed by atoms with Crippen molar-refractivity contribution in [3.05, 3.63) is 0 Å². The quantitative estimate of drug-likeness (QED) is 0.794. The molecule has 2 heterocycles. The van der Waals surface area contributed by atoms with Crippen LogP contribution in [0.1, 0.15) is 26.2 Å². The fourth-order valence-corrected chi connectivity index (χ4v) is 3.56. The molecule has 0 aromatic carbocycles. The minimum atomic E-state index is -0.655. The number of carbonyl (C=O) groups is 1. The number of hydrogen-bond acceptors (Lipinski definition) is 4. The first-order valence-corrected chi connectivity index (χ1v) is 8.39. The number of nitrogens with zero attached hydrogens (tertiary/aromatic N) is 3. The maximum atomic E-state index is 10.9. The molecule has 2 aliphatic heterocycles. The fourth-order valence-electron chi connectivity index (χ4n) is 3.56. The van der Waals surface area contributed by atoms with E-state index in [0.29, 0.717) is 18.3 Å². The second-order valence-corrected chi connectivity index (χ2v) is 6.92. The lowest BCUT2D eigenvalue weighted by atomic mass is 9.84. The molecule has 0 spiro atoms. The van der Waals surface area contributed by atoms with Crippen molar-refractivity contribution in [2.24, 2.45) is 11.8 Å². The average Bonchev–Trinajstić information content (AvgIpc) is 2.46. The summed E-state index contributed by atoms with van der Waals surface area (Å²) >= 11 is 0. The molecule has 2 unspecified atom stereocenters. The van der Waals surface area contributed by atoms with Crippen molar-refractivity contribution in [1.82, 2.24) is 14.7 Å².